The van der Waals surface area contributed by atoms with Crippen LogP contribution in [0.25, 0.3) is 22.5 Å². The minimum Gasteiger partial charge on any atom is -0.338 e. The standard InChI is InChI=1S/C20H21N5/c1-24-11-13-25(14-12-24)20-22-15-21-19(23-20)18-9-7-17(8-10-18)16-5-3-2-4-6-16/h2-10,15H,11-14H2,1H3. The van der Waals surface area contributed by atoms with Gasteiger partial charge in [-0.05, 0) is 18.2 Å². The Balaban J connectivity index is 1.57. The number of benzene rings is 2. The number of rotatable bonds is 3. The second kappa shape index (κ2) is 6.99. The molecule has 0 unspecified atom stereocenters. The molecule has 3 aromatic rings. The van der Waals surface area contributed by atoms with E-state index in [4.69, 9.17) is 0 Å². The highest BCUT2D eigenvalue weighted by atomic mass is 15.3. The number of piperazine rings is 1. The average Bonchev–Trinajstić information content (AvgIpc) is 2.69. The maximum Gasteiger partial charge on any atom is 0.228 e. The van der Waals surface area contributed by atoms with E-state index in [0.29, 0.717) is 0 Å². The van der Waals surface area contributed by atoms with E-state index in [1.165, 1.54) is 11.1 Å². The predicted octanol–water partition coefficient (Wildman–Crippen LogP) is 2.96. The minimum absolute atomic E-state index is 0.725. The number of hydrogen-bond donors (Lipinski definition) is 0. The Morgan fingerprint density at radius 1 is 0.720 bits per heavy atom. The Morgan fingerprint density at radius 2 is 1.36 bits per heavy atom. The molecule has 4 rings (SSSR count). The molecular weight excluding hydrogens is 310 g/mol. The van der Waals surface area contributed by atoms with Crippen molar-refractivity contribution in [1.82, 2.24) is 19.9 Å². The maximum absolute atomic E-state index is 4.68. The molecule has 0 aliphatic carbocycles. The van der Waals surface area contributed by atoms with Crippen LogP contribution in [-0.4, -0.2) is 53.1 Å². The van der Waals surface area contributed by atoms with Crippen molar-refractivity contribution in [2.45, 2.75) is 0 Å². The topological polar surface area (TPSA) is 45.2 Å². The molecule has 0 amide bonds. The summed E-state index contributed by atoms with van der Waals surface area (Å²) < 4.78 is 0. The van der Waals surface area contributed by atoms with Gasteiger partial charge >= 0.3 is 0 Å². The first-order valence-corrected chi connectivity index (χ1v) is 8.58. The van der Waals surface area contributed by atoms with Crippen molar-refractivity contribution in [3.63, 3.8) is 0 Å². The molecule has 0 N–H and O–H groups in total. The molecule has 1 saturated heterocycles. The van der Waals surface area contributed by atoms with E-state index in [1.807, 2.05) is 6.07 Å². The van der Waals surface area contributed by atoms with Gasteiger partial charge in [0.2, 0.25) is 5.95 Å². The summed E-state index contributed by atoms with van der Waals surface area (Å²) in [5, 5.41) is 0. The zero-order chi connectivity index (χ0) is 17.1. The van der Waals surface area contributed by atoms with E-state index in [1.54, 1.807) is 6.33 Å². The van der Waals surface area contributed by atoms with Gasteiger partial charge in [-0.2, -0.15) is 4.98 Å². The normalized spacial score (nSPS) is 15.3. The van der Waals surface area contributed by atoms with Gasteiger partial charge in [-0.1, -0.05) is 54.6 Å². The van der Waals surface area contributed by atoms with E-state index >= 15 is 0 Å². The smallest absolute Gasteiger partial charge is 0.228 e. The zero-order valence-corrected chi connectivity index (χ0v) is 14.3. The molecule has 0 atom stereocenters. The largest absolute Gasteiger partial charge is 0.338 e. The lowest BCUT2D eigenvalue weighted by Crippen LogP contribution is -2.45. The molecule has 0 saturated carbocycles. The van der Waals surface area contributed by atoms with Crippen LogP contribution >= 0.6 is 0 Å². The van der Waals surface area contributed by atoms with Gasteiger partial charge in [0.15, 0.2) is 5.82 Å². The van der Waals surface area contributed by atoms with E-state index < -0.39 is 0 Å². The quantitative estimate of drug-likeness (QED) is 0.738. The first-order chi connectivity index (χ1) is 12.3. The van der Waals surface area contributed by atoms with Crippen LogP contribution in [0.3, 0.4) is 0 Å². The molecule has 1 aliphatic heterocycles. The number of aromatic nitrogens is 3. The highest BCUT2D eigenvalue weighted by Crippen LogP contribution is 2.23. The fourth-order valence-electron chi connectivity index (χ4n) is 3.03. The van der Waals surface area contributed by atoms with Gasteiger partial charge < -0.3 is 9.80 Å². The van der Waals surface area contributed by atoms with Gasteiger partial charge in [-0.15, -0.1) is 0 Å². The fourth-order valence-corrected chi connectivity index (χ4v) is 3.03. The molecule has 5 heteroatoms. The van der Waals surface area contributed by atoms with E-state index in [2.05, 4.69) is 80.3 Å². The molecule has 0 spiro atoms. The number of hydrogen-bond acceptors (Lipinski definition) is 5. The third-order valence-electron chi connectivity index (χ3n) is 4.60. The van der Waals surface area contributed by atoms with E-state index in [-0.39, 0.29) is 0 Å². The fraction of sp³-hybridized carbons (Fsp3) is 0.250. The van der Waals surface area contributed by atoms with E-state index in [9.17, 15) is 0 Å². The van der Waals surface area contributed by atoms with Crippen LogP contribution in [0.2, 0.25) is 0 Å². The van der Waals surface area contributed by atoms with Crippen molar-refractivity contribution < 1.29 is 0 Å². The molecular formula is C20H21N5. The van der Waals surface area contributed by atoms with Crippen LogP contribution in [-0.2, 0) is 0 Å². The molecule has 126 valence electrons. The van der Waals surface area contributed by atoms with Crippen molar-refractivity contribution in [2.75, 3.05) is 38.1 Å². The average molecular weight is 331 g/mol. The monoisotopic (exact) mass is 331 g/mol. The van der Waals surface area contributed by atoms with Crippen molar-refractivity contribution in [3.05, 3.63) is 60.9 Å². The molecule has 2 aromatic carbocycles. The Hall–Kier alpha value is -2.79. The van der Waals surface area contributed by atoms with Crippen molar-refractivity contribution >= 4 is 5.95 Å². The van der Waals surface area contributed by atoms with Crippen molar-refractivity contribution in [3.8, 4) is 22.5 Å². The number of likely N-dealkylation sites (N-methyl/N-ethyl adjacent to an activating group) is 1. The van der Waals surface area contributed by atoms with Crippen LogP contribution < -0.4 is 4.90 Å². The van der Waals surface area contributed by atoms with Crippen LogP contribution in [0.15, 0.2) is 60.9 Å². The summed E-state index contributed by atoms with van der Waals surface area (Å²) in [6, 6.07) is 18.7. The maximum atomic E-state index is 4.68. The first kappa shape index (κ1) is 15.7. The van der Waals surface area contributed by atoms with Gasteiger partial charge in [0.05, 0.1) is 0 Å². The summed E-state index contributed by atoms with van der Waals surface area (Å²) in [6.07, 6.45) is 1.61. The third-order valence-corrected chi connectivity index (χ3v) is 4.60. The van der Waals surface area contributed by atoms with Gasteiger partial charge in [-0.3, -0.25) is 0 Å². The summed E-state index contributed by atoms with van der Waals surface area (Å²) in [4.78, 5) is 18.0. The summed E-state index contributed by atoms with van der Waals surface area (Å²) in [6.45, 7) is 3.97. The predicted molar refractivity (Wildman–Crippen MR) is 100 cm³/mol. The Bertz CT molecular complexity index is 824. The lowest BCUT2D eigenvalue weighted by atomic mass is 10.0. The molecule has 0 bridgehead atoms. The molecule has 25 heavy (non-hydrogen) atoms. The van der Waals surface area contributed by atoms with Crippen LogP contribution in [0.1, 0.15) is 0 Å². The highest BCUT2D eigenvalue weighted by molar-refractivity contribution is 5.67. The summed E-state index contributed by atoms with van der Waals surface area (Å²) >= 11 is 0. The molecule has 0 radical (unpaired) electrons. The first-order valence-electron chi connectivity index (χ1n) is 8.58. The second-order valence-electron chi connectivity index (χ2n) is 6.34. The molecule has 1 aromatic heterocycles. The van der Waals surface area contributed by atoms with Crippen molar-refractivity contribution in [2.24, 2.45) is 0 Å². The summed E-state index contributed by atoms with van der Waals surface area (Å²) in [7, 11) is 2.14. The molecule has 1 aliphatic rings. The van der Waals surface area contributed by atoms with E-state index in [0.717, 1.165) is 43.5 Å². The van der Waals surface area contributed by atoms with Crippen molar-refractivity contribution in [1.29, 1.82) is 0 Å². The van der Waals surface area contributed by atoms with Gasteiger partial charge in [0.1, 0.15) is 6.33 Å². The Labute approximate surface area is 148 Å². The van der Waals surface area contributed by atoms with Gasteiger partial charge in [-0.25, -0.2) is 9.97 Å². The zero-order valence-electron chi connectivity index (χ0n) is 14.3. The molecule has 2 heterocycles. The van der Waals surface area contributed by atoms with Gasteiger partial charge in [0, 0.05) is 31.7 Å². The van der Waals surface area contributed by atoms with Gasteiger partial charge in [0.25, 0.3) is 0 Å². The molecule has 5 nitrogen and oxygen atoms in total. The highest BCUT2D eigenvalue weighted by Gasteiger charge is 2.17. The summed E-state index contributed by atoms with van der Waals surface area (Å²) in [5.74, 6) is 1.49. The minimum atomic E-state index is 0.725. The summed E-state index contributed by atoms with van der Waals surface area (Å²) in [5.41, 5.74) is 3.41. The third kappa shape index (κ3) is 3.51. The lowest BCUT2D eigenvalue weighted by Gasteiger charge is -2.32. The second-order valence-corrected chi connectivity index (χ2v) is 6.34. The lowest BCUT2D eigenvalue weighted by molar-refractivity contribution is 0.311. The van der Waals surface area contributed by atoms with Crippen LogP contribution in [0.5, 0.6) is 0 Å². The van der Waals surface area contributed by atoms with Crippen LogP contribution in [0, 0.1) is 0 Å². The Kier molecular flexibility index (Phi) is 4.39. The van der Waals surface area contributed by atoms with Crippen LogP contribution in [0.4, 0.5) is 5.95 Å². The SMILES string of the molecule is CN1CCN(c2ncnc(-c3ccc(-c4ccccc4)cc3)n2)CC1. The Morgan fingerprint density at radius 3 is 2.08 bits per heavy atom. The number of nitrogens with zero attached hydrogens (tertiary/aromatic N) is 5. The number of anilines is 1. The molecule has 1 fully saturated rings.